The second-order valence-electron chi connectivity index (χ2n) is 2.22. The lowest BCUT2D eigenvalue weighted by Gasteiger charge is -1.88. The molecule has 70 valence electrons. The molecule has 0 aromatic carbocycles. The summed E-state index contributed by atoms with van der Waals surface area (Å²) in [6, 6.07) is 3.29. The van der Waals surface area contributed by atoms with Gasteiger partial charge in [-0.05, 0) is 19.1 Å². The van der Waals surface area contributed by atoms with E-state index in [4.69, 9.17) is 11.5 Å². The fourth-order valence-electron chi connectivity index (χ4n) is 0.509. The van der Waals surface area contributed by atoms with E-state index in [1.807, 2.05) is 0 Å². The number of primary amides is 1. The average Bonchev–Trinajstić information content (AvgIpc) is 2.05. The van der Waals surface area contributed by atoms with Crippen molar-refractivity contribution < 1.29 is 4.79 Å². The molecule has 1 aromatic rings. The molecule has 0 radical (unpaired) electrons. The van der Waals surface area contributed by atoms with Crippen LogP contribution in [-0.2, 0) is 0 Å². The summed E-state index contributed by atoms with van der Waals surface area (Å²) in [5.41, 5.74) is 10.2. The molecule has 0 aliphatic rings. The standard InChI is InChI=1S/C6H6N2O.C2H5NS/c7-6(9)5-2-1-3-8-4-5;1-2(3)4/h1-4H,(H2,7,9);1H3,(H2,3,4). The molecular weight excluding hydrogens is 186 g/mol. The summed E-state index contributed by atoms with van der Waals surface area (Å²) in [6.07, 6.45) is 3.02. The van der Waals surface area contributed by atoms with Crippen LogP contribution in [0.25, 0.3) is 0 Å². The van der Waals surface area contributed by atoms with Crippen LogP contribution in [0.1, 0.15) is 17.3 Å². The summed E-state index contributed by atoms with van der Waals surface area (Å²) < 4.78 is 0. The Morgan fingerprint density at radius 1 is 1.54 bits per heavy atom. The van der Waals surface area contributed by atoms with Crippen molar-refractivity contribution in [1.82, 2.24) is 4.98 Å². The van der Waals surface area contributed by atoms with E-state index in [-0.39, 0.29) is 0 Å². The van der Waals surface area contributed by atoms with Crippen molar-refractivity contribution in [2.75, 3.05) is 0 Å². The Hall–Kier alpha value is -1.49. The van der Waals surface area contributed by atoms with Crippen LogP contribution < -0.4 is 11.5 Å². The number of thiocarbonyl (C=S) groups is 1. The van der Waals surface area contributed by atoms with Gasteiger partial charge < -0.3 is 11.5 Å². The summed E-state index contributed by atoms with van der Waals surface area (Å²) in [5, 5.41) is 0. The van der Waals surface area contributed by atoms with E-state index in [1.165, 1.54) is 6.20 Å². The number of carbonyl (C=O) groups is 1. The van der Waals surface area contributed by atoms with E-state index in [0.29, 0.717) is 10.6 Å². The monoisotopic (exact) mass is 197 g/mol. The van der Waals surface area contributed by atoms with Gasteiger partial charge in [0.15, 0.2) is 0 Å². The zero-order valence-corrected chi connectivity index (χ0v) is 8.04. The molecule has 13 heavy (non-hydrogen) atoms. The van der Waals surface area contributed by atoms with Gasteiger partial charge in [0, 0.05) is 12.4 Å². The molecule has 0 saturated heterocycles. The first-order valence-corrected chi connectivity index (χ1v) is 3.90. The number of hydrogen-bond acceptors (Lipinski definition) is 3. The highest BCUT2D eigenvalue weighted by Crippen LogP contribution is 1.91. The molecule has 0 atom stereocenters. The lowest BCUT2D eigenvalue weighted by molar-refractivity contribution is 0.1000. The zero-order valence-electron chi connectivity index (χ0n) is 7.23. The van der Waals surface area contributed by atoms with Crippen LogP contribution in [0.5, 0.6) is 0 Å². The largest absolute Gasteiger partial charge is 0.394 e. The summed E-state index contributed by atoms with van der Waals surface area (Å²) in [4.78, 5) is 14.6. The molecule has 0 spiro atoms. The van der Waals surface area contributed by atoms with Crippen molar-refractivity contribution in [3.05, 3.63) is 30.1 Å². The van der Waals surface area contributed by atoms with Crippen molar-refractivity contribution >= 4 is 23.1 Å². The first-order chi connectivity index (χ1) is 6.04. The van der Waals surface area contributed by atoms with E-state index < -0.39 is 5.91 Å². The Bertz CT molecular complexity index is 283. The molecule has 1 rings (SSSR count). The van der Waals surface area contributed by atoms with Crippen LogP contribution in [0.4, 0.5) is 0 Å². The highest BCUT2D eigenvalue weighted by Gasteiger charge is 1.94. The highest BCUT2D eigenvalue weighted by molar-refractivity contribution is 7.80. The highest BCUT2D eigenvalue weighted by atomic mass is 32.1. The summed E-state index contributed by atoms with van der Waals surface area (Å²) in [5.74, 6) is -0.442. The number of amides is 1. The molecule has 4 N–H and O–H groups in total. The van der Waals surface area contributed by atoms with E-state index in [9.17, 15) is 4.79 Å². The van der Waals surface area contributed by atoms with Gasteiger partial charge in [-0.25, -0.2) is 0 Å². The molecule has 1 aromatic heterocycles. The Morgan fingerprint density at radius 3 is 2.31 bits per heavy atom. The number of aromatic nitrogens is 1. The summed E-state index contributed by atoms with van der Waals surface area (Å²) in [7, 11) is 0. The van der Waals surface area contributed by atoms with Gasteiger partial charge in [-0.15, -0.1) is 0 Å². The SMILES string of the molecule is CC(N)=S.NC(=O)c1cccnc1. The maximum Gasteiger partial charge on any atom is 0.250 e. The zero-order chi connectivity index (χ0) is 10.3. The van der Waals surface area contributed by atoms with Gasteiger partial charge in [0.25, 0.3) is 0 Å². The Labute approximate surface area is 82.0 Å². The fourth-order valence-corrected chi connectivity index (χ4v) is 0.509. The molecule has 0 fully saturated rings. The Kier molecular flexibility index (Phi) is 5.38. The molecule has 0 saturated carbocycles. The van der Waals surface area contributed by atoms with Gasteiger partial charge >= 0.3 is 0 Å². The predicted molar refractivity (Wildman–Crippen MR) is 55.2 cm³/mol. The molecule has 1 heterocycles. The molecule has 5 heteroatoms. The fraction of sp³-hybridized carbons (Fsp3) is 0.125. The normalized spacial score (nSPS) is 8.08. The van der Waals surface area contributed by atoms with Gasteiger partial charge in [-0.2, -0.15) is 0 Å². The maximum absolute atomic E-state index is 10.4. The lowest BCUT2D eigenvalue weighted by Crippen LogP contribution is -2.10. The minimum Gasteiger partial charge on any atom is -0.394 e. The minimum absolute atomic E-state index is 0.442. The molecule has 0 unspecified atom stereocenters. The smallest absolute Gasteiger partial charge is 0.250 e. The van der Waals surface area contributed by atoms with E-state index in [2.05, 4.69) is 17.2 Å². The third kappa shape index (κ3) is 6.89. The van der Waals surface area contributed by atoms with Crippen LogP contribution in [-0.4, -0.2) is 15.9 Å². The van der Waals surface area contributed by atoms with Gasteiger partial charge in [-0.1, -0.05) is 12.2 Å². The van der Waals surface area contributed by atoms with Crippen molar-refractivity contribution in [2.45, 2.75) is 6.92 Å². The predicted octanol–water partition coefficient (Wildman–Crippen LogP) is 0.473. The summed E-state index contributed by atoms with van der Waals surface area (Å²) in [6.45, 7) is 1.68. The topological polar surface area (TPSA) is 82.0 Å². The van der Waals surface area contributed by atoms with E-state index >= 15 is 0 Å². The van der Waals surface area contributed by atoms with Crippen LogP contribution in [0, 0.1) is 0 Å². The third-order valence-corrected chi connectivity index (χ3v) is 0.946. The van der Waals surface area contributed by atoms with Gasteiger partial charge in [0.2, 0.25) is 5.91 Å². The van der Waals surface area contributed by atoms with Crippen LogP contribution in [0.3, 0.4) is 0 Å². The lowest BCUT2D eigenvalue weighted by atomic mass is 10.3. The second kappa shape index (κ2) is 6.07. The summed E-state index contributed by atoms with van der Waals surface area (Å²) >= 11 is 4.31. The van der Waals surface area contributed by atoms with Crippen molar-refractivity contribution in [1.29, 1.82) is 0 Å². The van der Waals surface area contributed by atoms with Crippen LogP contribution >= 0.6 is 12.2 Å². The van der Waals surface area contributed by atoms with Crippen molar-refractivity contribution in [2.24, 2.45) is 11.5 Å². The quantitative estimate of drug-likeness (QED) is 0.641. The molecule has 0 aliphatic heterocycles. The molecule has 1 amide bonds. The minimum atomic E-state index is -0.442. The van der Waals surface area contributed by atoms with Crippen LogP contribution in [0.15, 0.2) is 24.5 Å². The molecule has 4 nitrogen and oxygen atoms in total. The van der Waals surface area contributed by atoms with Crippen molar-refractivity contribution in [3.63, 3.8) is 0 Å². The van der Waals surface area contributed by atoms with E-state index in [0.717, 1.165) is 0 Å². The van der Waals surface area contributed by atoms with Gasteiger partial charge in [0.1, 0.15) is 0 Å². The number of carbonyl (C=O) groups excluding carboxylic acids is 1. The van der Waals surface area contributed by atoms with E-state index in [1.54, 1.807) is 25.3 Å². The Balaban J connectivity index is 0.000000310. The Morgan fingerprint density at radius 2 is 2.08 bits per heavy atom. The van der Waals surface area contributed by atoms with Crippen molar-refractivity contribution in [3.8, 4) is 0 Å². The number of hydrogen-bond donors (Lipinski definition) is 2. The third-order valence-electron chi connectivity index (χ3n) is 0.946. The maximum atomic E-state index is 10.4. The molecule has 0 aliphatic carbocycles. The average molecular weight is 197 g/mol. The number of pyridine rings is 1. The second-order valence-corrected chi connectivity index (χ2v) is 2.86. The first kappa shape index (κ1) is 11.5. The molecule has 0 bridgehead atoms. The van der Waals surface area contributed by atoms with Crippen LogP contribution in [0.2, 0.25) is 0 Å². The molecular formula is C8H11N3OS. The number of rotatable bonds is 1. The van der Waals surface area contributed by atoms with Gasteiger partial charge in [-0.3, -0.25) is 9.78 Å². The van der Waals surface area contributed by atoms with Gasteiger partial charge in [0.05, 0.1) is 10.6 Å². The number of nitrogens with zero attached hydrogens (tertiary/aromatic N) is 1. The number of nitrogens with two attached hydrogens (primary N) is 2. The first-order valence-electron chi connectivity index (χ1n) is 3.50.